The van der Waals surface area contributed by atoms with Gasteiger partial charge < -0.3 is 9.47 Å². The van der Waals surface area contributed by atoms with Crippen LogP contribution < -0.4 is 0 Å². The lowest BCUT2D eigenvalue weighted by Gasteiger charge is -2.57. The van der Waals surface area contributed by atoms with E-state index >= 15 is 0 Å². The van der Waals surface area contributed by atoms with Crippen molar-refractivity contribution in [2.75, 3.05) is 0 Å². The molecule has 4 heterocycles. The first-order valence-corrected chi connectivity index (χ1v) is 7.71. The molecule has 5 heteroatoms. The highest BCUT2D eigenvalue weighted by Gasteiger charge is 2.69. The van der Waals surface area contributed by atoms with Crippen molar-refractivity contribution in [2.45, 2.75) is 64.1 Å². The average Bonchev–Trinajstić information content (AvgIpc) is 2.63. The normalized spacial score (nSPS) is 57.8. The Labute approximate surface area is 118 Å². The van der Waals surface area contributed by atoms with E-state index in [1.54, 1.807) is 0 Å². The lowest BCUT2D eigenvalue weighted by Crippen LogP contribution is -2.69. The van der Waals surface area contributed by atoms with Crippen LogP contribution >= 0.6 is 0 Å². The minimum atomic E-state index is -0.793. The van der Waals surface area contributed by atoms with E-state index in [-0.39, 0.29) is 17.8 Å². The zero-order valence-electron chi connectivity index (χ0n) is 12.3. The van der Waals surface area contributed by atoms with E-state index in [9.17, 15) is 4.79 Å². The first kappa shape index (κ1) is 13.0. The van der Waals surface area contributed by atoms with Crippen LogP contribution in [-0.4, -0.2) is 23.6 Å². The van der Waals surface area contributed by atoms with Crippen molar-refractivity contribution in [3.8, 4) is 0 Å². The van der Waals surface area contributed by atoms with Crippen LogP contribution in [0.5, 0.6) is 0 Å². The van der Waals surface area contributed by atoms with Gasteiger partial charge in [0, 0.05) is 18.3 Å². The van der Waals surface area contributed by atoms with Gasteiger partial charge in [-0.1, -0.05) is 13.8 Å². The Morgan fingerprint density at radius 2 is 1.90 bits per heavy atom. The van der Waals surface area contributed by atoms with E-state index in [0.717, 1.165) is 25.7 Å². The van der Waals surface area contributed by atoms with Gasteiger partial charge in [-0.05, 0) is 32.1 Å². The summed E-state index contributed by atoms with van der Waals surface area (Å²) in [5.74, 6) is -0.137. The van der Waals surface area contributed by atoms with Crippen LogP contribution in [0.2, 0.25) is 0 Å². The van der Waals surface area contributed by atoms with Crippen LogP contribution in [0.15, 0.2) is 0 Å². The standard InChI is InChI=1S/C15H22O5/c1-8-4-5-11-9(2)12(16)17-13-15(11)10(8)6-7-14(3,18-13)19-20-15/h8-11,13H,4-7H2,1-3H3/t8-,9-,10?,11+,13-,14-,15-/m1/s1. The van der Waals surface area contributed by atoms with Crippen molar-refractivity contribution in [1.29, 1.82) is 0 Å². The molecule has 0 aromatic heterocycles. The summed E-state index contributed by atoms with van der Waals surface area (Å²) in [7, 11) is 0. The maximum Gasteiger partial charge on any atom is 0.311 e. The molecule has 0 amide bonds. The fourth-order valence-corrected chi connectivity index (χ4v) is 4.76. The molecule has 0 N–H and O–H groups in total. The number of carbonyl (C=O) groups is 1. The highest BCUT2D eigenvalue weighted by atomic mass is 17.3. The van der Waals surface area contributed by atoms with E-state index in [4.69, 9.17) is 19.2 Å². The number of fused-ring (bicyclic) bond motifs is 2. The van der Waals surface area contributed by atoms with Gasteiger partial charge in [-0.15, -0.1) is 0 Å². The van der Waals surface area contributed by atoms with Crippen molar-refractivity contribution in [2.24, 2.45) is 23.7 Å². The monoisotopic (exact) mass is 282 g/mol. The third kappa shape index (κ3) is 1.46. The summed E-state index contributed by atoms with van der Waals surface area (Å²) in [5, 5.41) is 0. The summed E-state index contributed by atoms with van der Waals surface area (Å²) in [6.07, 6.45) is 3.24. The molecule has 5 rings (SSSR count). The summed E-state index contributed by atoms with van der Waals surface area (Å²) < 4.78 is 11.6. The number of hydrogen-bond acceptors (Lipinski definition) is 5. The first-order valence-electron chi connectivity index (χ1n) is 7.71. The molecule has 4 saturated heterocycles. The van der Waals surface area contributed by atoms with Crippen LogP contribution in [0.25, 0.3) is 0 Å². The molecule has 5 fully saturated rings. The van der Waals surface area contributed by atoms with E-state index in [2.05, 4.69) is 6.92 Å². The van der Waals surface area contributed by atoms with Crippen LogP contribution in [0.1, 0.15) is 46.5 Å². The van der Waals surface area contributed by atoms with Gasteiger partial charge in [-0.2, -0.15) is 0 Å². The van der Waals surface area contributed by atoms with Crippen molar-refractivity contribution in [1.82, 2.24) is 0 Å². The number of carbonyl (C=O) groups excluding carboxylic acids is 1. The van der Waals surface area contributed by atoms with Crippen LogP contribution in [0.4, 0.5) is 0 Å². The molecule has 0 radical (unpaired) electrons. The van der Waals surface area contributed by atoms with Gasteiger partial charge in [0.1, 0.15) is 0 Å². The van der Waals surface area contributed by atoms with Crippen LogP contribution in [-0.2, 0) is 24.0 Å². The minimum absolute atomic E-state index is 0.123. The van der Waals surface area contributed by atoms with Gasteiger partial charge in [0.05, 0.1) is 5.92 Å². The lowest BCUT2D eigenvalue weighted by atomic mass is 9.58. The molecule has 7 atom stereocenters. The summed E-state index contributed by atoms with van der Waals surface area (Å²) in [6.45, 7) is 6.06. The highest BCUT2D eigenvalue weighted by Crippen LogP contribution is 2.59. The van der Waals surface area contributed by atoms with Crippen LogP contribution in [0, 0.1) is 23.7 Å². The largest absolute Gasteiger partial charge is 0.432 e. The average molecular weight is 282 g/mol. The van der Waals surface area contributed by atoms with Gasteiger partial charge in [0.15, 0.2) is 5.60 Å². The topological polar surface area (TPSA) is 54.0 Å². The fraction of sp³-hybridized carbons (Fsp3) is 0.933. The van der Waals surface area contributed by atoms with Crippen molar-refractivity contribution in [3.05, 3.63) is 0 Å². The summed E-state index contributed by atoms with van der Waals surface area (Å²) >= 11 is 0. The molecule has 1 spiro atoms. The molecule has 4 aliphatic heterocycles. The highest BCUT2D eigenvalue weighted by molar-refractivity contribution is 5.74. The quantitative estimate of drug-likeness (QED) is 0.504. The smallest absolute Gasteiger partial charge is 0.311 e. The Morgan fingerprint density at radius 3 is 2.70 bits per heavy atom. The third-order valence-corrected chi connectivity index (χ3v) is 5.97. The molecule has 5 nitrogen and oxygen atoms in total. The maximum atomic E-state index is 12.1. The van der Waals surface area contributed by atoms with E-state index in [1.165, 1.54) is 0 Å². The number of rotatable bonds is 0. The predicted molar refractivity (Wildman–Crippen MR) is 68.0 cm³/mol. The second kappa shape index (κ2) is 3.96. The molecule has 112 valence electrons. The van der Waals surface area contributed by atoms with Crippen molar-refractivity contribution < 1.29 is 24.0 Å². The summed E-state index contributed by atoms with van der Waals surface area (Å²) in [5.41, 5.74) is -0.610. The number of ether oxygens (including phenoxy) is 2. The second-order valence-corrected chi connectivity index (χ2v) is 7.14. The maximum absolute atomic E-state index is 12.1. The van der Waals surface area contributed by atoms with E-state index < -0.39 is 17.7 Å². The second-order valence-electron chi connectivity index (χ2n) is 7.14. The third-order valence-electron chi connectivity index (χ3n) is 5.97. The fourth-order valence-electron chi connectivity index (χ4n) is 4.76. The van der Waals surface area contributed by atoms with Gasteiger partial charge in [-0.3, -0.25) is 4.79 Å². The van der Waals surface area contributed by atoms with Crippen molar-refractivity contribution in [3.63, 3.8) is 0 Å². The Kier molecular flexibility index (Phi) is 2.58. The van der Waals surface area contributed by atoms with Gasteiger partial charge in [0.25, 0.3) is 0 Å². The molecule has 20 heavy (non-hydrogen) atoms. The van der Waals surface area contributed by atoms with E-state index in [0.29, 0.717) is 11.8 Å². The SMILES string of the molecule is C[C@@H]1CC[C@H]2[C@@H](C)C(=O)O[C@@H]3O[C@@]4(C)CCC1[C@]32OO4. The van der Waals surface area contributed by atoms with Crippen molar-refractivity contribution >= 4 is 5.97 Å². The minimum Gasteiger partial charge on any atom is -0.432 e. The van der Waals surface area contributed by atoms with Crippen LogP contribution in [0.3, 0.4) is 0 Å². The zero-order chi connectivity index (χ0) is 14.1. The number of esters is 1. The molecule has 1 aliphatic carbocycles. The van der Waals surface area contributed by atoms with Gasteiger partial charge >= 0.3 is 5.97 Å². The Bertz CT molecular complexity index is 452. The molecule has 0 aromatic carbocycles. The molecule has 1 unspecified atom stereocenters. The molecule has 1 saturated carbocycles. The molecule has 0 aromatic rings. The van der Waals surface area contributed by atoms with E-state index in [1.807, 2.05) is 13.8 Å². The number of hydrogen-bond donors (Lipinski definition) is 0. The van der Waals surface area contributed by atoms with Gasteiger partial charge in [-0.25, -0.2) is 9.78 Å². The molecular weight excluding hydrogens is 260 g/mol. The Morgan fingerprint density at radius 1 is 1.10 bits per heavy atom. The molecule has 5 aliphatic rings. The summed E-state index contributed by atoms with van der Waals surface area (Å²) in [4.78, 5) is 23.7. The Hall–Kier alpha value is -0.650. The zero-order valence-corrected chi connectivity index (χ0v) is 12.3. The van der Waals surface area contributed by atoms with Gasteiger partial charge in [0.2, 0.25) is 12.1 Å². The first-order chi connectivity index (χ1) is 9.46. The lowest BCUT2D eigenvalue weighted by molar-refractivity contribution is -0.559. The predicted octanol–water partition coefficient (Wildman–Crippen LogP) is 2.39. The molecular formula is C15H22O5. The Balaban J connectivity index is 1.84. The summed E-state index contributed by atoms with van der Waals surface area (Å²) in [6, 6.07) is 0. The molecule has 2 bridgehead atoms.